The Morgan fingerprint density at radius 3 is 2.93 bits per heavy atom. The van der Waals surface area contributed by atoms with Gasteiger partial charge in [-0.3, -0.25) is 4.79 Å². The highest BCUT2D eigenvalue weighted by molar-refractivity contribution is 5.74. The van der Waals surface area contributed by atoms with Crippen LogP contribution in [0.4, 0.5) is 4.79 Å². The van der Waals surface area contributed by atoms with Crippen molar-refractivity contribution in [1.29, 1.82) is 0 Å². The maximum absolute atomic E-state index is 11.2. The summed E-state index contributed by atoms with van der Waals surface area (Å²) in [6.45, 7) is 1.24. The van der Waals surface area contributed by atoms with E-state index in [-0.39, 0.29) is 12.5 Å². The van der Waals surface area contributed by atoms with Crippen molar-refractivity contribution in [3.8, 4) is 0 Å². The van der Waals surface area contributed by atoms with Crippen molar-refractivity contribution in [1.82, 2.24) is 10.2 Å². The van der Waals surface area contributed by atoms with Gasteiger partial charge in [-0.15, -0.1) is 0 Å². The highest BCUT2D eigenvalue weighted by atomic mass is 16.5. The summed E-state index contributed by atoms with van der Waals surface area (Å²) in [5.74, 6) is -0.909. The molecule has 1 aliphatic heterocycles. The van der Waals surface area contributed by atoms with Crippen molar-refractivity contribution in [3.05, 3.63) is 0 Å². The Kier molecular flexibility index (Phi) is 3.70. The van der Waals surface area contributed by atoms with Crippen molar-refractivity contribution in [2.24, 2.45) is 0 Å². The Labute approximate surface area is 81.8 Å². The Hall–Kier alpha value is -1.30. The molecule has 14 heavy (non-hydrogen) atoms. The fourth-order valence-corrected chi connectivity index (χ4v) is 1.38. The second kappa shape index (κ2) is 4.80. The van der Waals surface area contributed by atoms with E-state index in [1.165, 1.54) is 0 Å². The maximum Gasteiger partial charge on any atom is 0.317 e. The van der Waals surface area contributed by atoms with E-state index in [2.05, 4.69) is 5.32 Å². The van der Waals surface area contributed by atoms with E-state index in [1.807, 2.05) is 0 Å². The first-order valence-electron chi connectivity index (χ1n) is 4.43. The van der Waals surface area contributed by atoms with E-state index < -0.39 is 12.1 Å². The molecule has 0 aromatic rings. The van der Waals surface area contributed by atoms with E-state index in [4.69, 9.17) is 9.84 Å². The van der Waals surface area contributed by atoms with Gasteiger partial charge >= 0.3 is 12.0 Å². The molecule has 0 spiro atoms. The summed E-state index contributed by atoms with van der Waals surface area (Å²) in [5.41, 5.74) is 0. The number of carboxylic acids is 1. The topological polar surface area (TPSA) is 78.9 Å². The van der Waals surface area contributed by atoms with Crippen LogP contribution in [0.5, 0.6) is 0 Å². The lowest BCUT2D eigenvalue weighted by Crippen LogP contribution is -2.49. The lowest BCUT2D eigenvalue weighted by atomic mass is 10.2. The molecular formula is C8H14N2O4. The van der Waals surface area contributed by atoms with Crippen molar-refractivity contribution < 1.29 is 19.4 Å². The number of carbonyl (C=O) groups is 2. The van der Waals surface area contributed by atoms with E-state index in [9.17, 15) is 9.59 Å². The van der Waals surface area contributed by atoms with Crippen LogP contribution in [0.25, 0.3) is 0 Å². The van der Waals surface area contributed by atoms with Gasteiger partial charge in [0.05, 0.1) is 19.1 Å². The molecule has 1 aliphatic rings. The minimum absolute atomic E-state index is 0.0620. The molecule has 0 aliphatic carbocycles. The van der Waals surface area contributed by atoms with Gasteiger partial charge in [0.2, 0.25) is 0 Å². The minimum Gasteiger partial charge on any atom is -0.481 e. The first-order valence-corrected chi connectivity index (χ1v) is 4.43. The zero-order valence-electron chi connectivity index (χ0n) is 8.02. The van der Waals surface area contributed by atoms with Gasteiger partial charge < -0.3 is 20.1 Å². The summed E-state index contributed by atoms with van der Waals surface area (Å²) in [4.78, 5) is 23.2. The highest BCUT2D eigenvalue weighted by Crippen LogP contribution is 2.08. The molecule has 1 heterocycles. The minimum atomic E-state index is -0.909. The smallest absolute Gasteiger partial charge is 0.317 e. The summed E-state index contributed by atoms with van der Waals surface area (Å²) in [7, 11) is 1.55. The molecule has 6 heteroatoms. The molecule has 0 aromatic heterocycles. The number of rotatable bonds is 2. The molecular weight excluding hydrogens is 188 g/mol. The summed E-state index contributed by atoms with van der Waals surface area (Å²) >= 11 is 0. The van der Waals surface area contributed by atoms with Gasteiger partial charge in [0.25, 0.3) is 0 Å². The molecule has 2 amide bonds. The molecule has 1 rings (SSSR count). The predicted molar refractivity (Wildman–Crippen MR) is 48.0 cm³/mol. The lowest BCUT2D eigenvalue weighted by molar-refractivity contribution is -0.141. The monoisotopic (exact) mass is 202 g/mol. The van der Waals surface area contributed by atoms with Gasteiger partial charge in [0.1, 0.15) is 0 Å². The summed E-state index contributed by atoms with van der Waals surface area (Å²) in [6, 6.07) is -0.191. The van der Waals surface area contributed by atoms with E-state index >= 15 is 0 Å². The van der Waals surface area contributed by atoms with Crippen LogP contribution in [-0.2, 0) is 9.53 Å². The zero-order valence-corrected chi connectivity index (χ0v) is 8.02. The van der Waals surface area contributed by atoms with Crippen molar-refractivity contribution in [2.75, 3.05) is 26.7 Å². The third kappa shape index (κ3) is 2.88. The number of aliphatic carboxylic acids is 1. The largest absolute Gasteiger partial charge is 0.481 e. The van der Waals surface area contributed by atoms with Crippen LogP contribution in [0.2, 0.25) is 0 Å². The van der Waals surface area contributed by atoms with Crippen LogP contribution in [-0.4, -0.2) is 54.9 Å². The van der Waals surface area contributed by atoms with E-state index in [0.29, 0.717) is 19.7 Å². The second-order valence-electron chi connectivity index (χ2n) is 3.09. The SMILES string of the molecule is CNC(=O)N1CCOC(CC(=O)O)C1. The van der Waals surface area contributed by atoms with Gasteiger partial charge in [0.15, 0.2) is 0 Å². The Bertz CT molecular complexity index is 231. The third-order valence-electron chi connectivity index (χ3n) is 2.04. The number of amides is 2. The summed E-state index contributed by atoms with van der Waals surface area (Å²) in [5, 5.41) is 11.0. The quantitative estimate of drug-likeness (QED) is 0.632. The average Bonchev–Trinajstić information content (AvgIpc) is 2.16. The number of nitrogens with one attached hydrogen (secondary N) is 1. The lowest BCUT2D eigenvalue weighted by Gasteiger charge is -2.31. The summed E-state index contributed by atoms with van der Waals surface area (Å²) < 4.78 is 5.21. The second-order valence-corrected chi connectivity index (χ2v) is 3.09. The zero-order chi connectivity index (χ0) is 10.6. The van der Waals surface area contributed by atoms with Crippen LogP contribution in [0.3, 0.4) is 0 Å². The molecule has 1 fully saturated rings. The van der Waals surface area contributed by atoms with Gasteiger partial charge in [0, 0.05) is 20.1 Å². The third-order valence-corrected chi connectivity index (χ3v) is 2.04. The van der Waals surface area contributed by atoms with Crippen LogP contribution in [0.15, 0.2) is 0 Å². The number of carboxylic acid groups (broad SMARTS) is 1. The number of ether oxygens (including phenoxy) is 1. The Balaban J connectivity index is 2.43. The number of morpholine rings is 1. The predicted octanol–water partition coefficient (Wildman–Crippen LogP) is -0.499. The van der Waals surface area contributed by atoms with E-state index in [1.54, 1.807) is 11.9 Å². The normalized spacial score (nSPS) is 21.8. The standard InChI is InChI=1S/C8H14N2O4/c1-9-8(13)10-2-3-14-6(5-10)4-7(11)12/h6H,2-5H2,1H3,(H,9,13)(H,11,12). The number of nitrogens with zero attached hydrogens (tertiary/aromatic N) is 1. The number of urea groups is 1. The van der Waals surface area contributed by atoms with Crippen molar-refractivity contribution in [3.63, 3.8) is 0 Å². The number of hydrogen-bond acceptors (Lipinski definition) is 3. The molecule has 6 nitrogen and oxygen atoms in total. The molecule has 0 aromatic carbocycles. The molecule has 1 unspecified atom stereocenters. The first-order chi connectivity index (χ1) is 6.63. The van der Waals surface area contributed by atoms with Crippen LogP contribution < -0.4 is 5.32 Å². The van der Waals surface area contributed by atoms with Gasteiger partial charge in [-0.25, -0.2) is 4.79 Å². The summed E-state index contributed by atoms with van der Waals surface area (Å²) in [6.07, 6.45) is -0.452. The number of hydrogen-bond donors (Lipinski definition) is 2. The Morgan fingerprint density at radius 1 is 1.64 bits per heavy atom. The fraction of sp³-hybridized carbons (Fsp3) is 0.750. The molecule has 1 atom stereocenters. The van der Waals surface area contributed by atoms with Crippen LogP contribution in [0.1, 0.15) is 6.42 Å². The maximum atomic E-state index is 11.2. The number of carbonyl (C=O) groups excluding carboxylic acids is 1. The van der Waals surface area contributed by atoms with Crippen molar-refractivity contribution in [2.45, 2.75) is 12.5 Å². The molecule has 2 N–H and O–H groups in total. The van der Waals surface area contributed by atoms with Crippen molar-refractivity contribution >= 4 is 12.0 Å². The Morgan fingerprint density at radius 2 is 2.36 bits per heavy atom. The van der Waals surface area contributed by atoms with Gasteiger partial charge in [-0.1, -0.05) is 0 Å². The molecule has 0 bridgehead atoms. The molecule has 1 saturated heterocycles. The van der Waals surface area contributed by atoms with Crippen LogP contribution in [0, 0.1) is 0 Å². The van der Waals surface area contributed by atoms with Gasteiger partial charge in [-0.05, 0) is 0 Å². The average molecular weight is 202 g/mol. The van der Waals surface area contributed by atoms with Gasteiger partial charge in [-0.2, -0.15) is 0 Å². The first kappa shape index (κ1) is 10.8. The fourth-order valence-electron chi connectivity index (χ4n) is 1.38. The molecule has 80 valence electrons. The molecule has 0 saturated carbocycles. The van der Waals surface area contributed by atoms with E-state index in [0.717, 1.165) is 0 Å². The molecule has 0 radical (unpaired) electrons. The van der Waals surface area contributed by atoms with Crippen LogP contribution >= 0.6 is 0 Å². The highest BCUT2D eigenvalue weighted by Gasteiger charge is 2.25.